The van der Waals surface area contributed by atoms with Crippen LogP contribution in [0.3, 0.4) is 0 Å². The molecule has 1 spiro atoms. The largest absolute Gasteiger partial charge is 0.394 e. The lowest BCUT2D eigenvalue weighted by atomic mass is 9.66. The van der Waals surface area contributed by atoms with Crippen LogP contribution in [-0.2, 0) is 19.1 Å². The molecule has 3 rings (SSSR count). The second-order valence-electron chi connectivity index (χ2n) is 11.4. The molecule has 0 aromatic rings. The Kier molecular flexibility index (Phi) is 9.27. The van der Waals surface area contributed by atoms with E-state index in [4.69, 9.17) is 4.74 Å². The molecule has 7 atom stereocenters. The molecule has 0 aromatic carbocycles. The van der Waals surface area contributed by atoms with Crippen LogP contribution in [0.25, 0.3) is 0 Å². The highest BCUT2D eigenvalue weighted by Gasteiger charge is 2.78. The van der Waals surface area contributed by atoms with Gasteiger partial charge in [0, 0.05) is 26.7 Å². The number of ether oxygens (including phenoxy) is 1. The van der Waals surface area contributed by atoms with E-state index in [1.54, 1.807) is 33.9 Å². The molecule has 3 heterocycles. The monoisotopic (exact) mass is 517 g/mol. The van der Waals surface area contributed by atoms with Crippen LogP contribution in [0.4, 0.5) is 0 Å². The van der Waals surface area contributed by atoms with Gasteiger partial charge in [0.15, 0.2) is 0 Å². The first kappa shape index (κ1) is 29.4. The SMILES string of the molecule is C=CCN(C)C(=O)[C@H]1[C@H]2C(=O)N([C@@H](CO)[C@@H](C)CC)C(C(=O)N(CC=C)CCCCC)C23CC[C@]1(C)O3. The molecule has 0 aromatic heterocycles. The minimum atomic E-state index is -1.09. The van der Waals surface area contributed by atoms with Gasteiger partial charge in [-0.25, -0.2) is 0 Å². The maximum Gasteiger partial charge on any atom is 0.248 e. The minimum Gasteiger partial charge on any atom is -0.394 e. The third-order valence-corrected chi connectivity index (χ3v) is 9.03. The van der Waals surface area contributed by atoms with Crippen LogP contribution >= 0.6 is 0 Å². The van der Waals surface area contributed by atoms with Crippen molar-refractivity contribution in [2.75, 3.05) is 33.3 Å². The smallest absolute Gasteiger partial charge is 0.248 e. The highest BCUT2D eigenvalue weighted by Crippen LogP contribution is 2.64. The average Bonchev–Trinajstić information content (AvgIpc) is 3.44. The summed E-state index contributed by atoms with van der Waals surface area (Å²) < 4.78 is 6.74. The molecular weight excluding hydrogens is 470 g/mol. The zero-order chi connectivity index (χ0) is 27.5. The van der Waals surface area contributed by atoms with Crippen molar-refractivity contribution in [2.45, 2.75) is 89.5 Å². The Labute approximate surface area is 222 Å². The standard InChI is InChI=1S/C29H47N3O5/c1-8-12-13-18-31(17-10-3)27(36)24-29-15-14-28(6,37-29)22(25(34)30(7)16-9-2)23(29)26(35)32(24)21(19-33)20(5)11-4/h9-10,20-24,33H,2-3,8,11-19H2,1,4-7H3/t20-,21-,22+,23-,24?,28-,29?/m0/s1. The average molecular weight is 518 g/mol. The van der Waals surface area contributed by atoms with Gasteiger partial charge in [-0.2, -0.15) is 0 Å². The van der Waals surface area contributed by atoms with Crippen molar-refractivity contribution in [2.24, 2.45) is 17.8 Å². The first-order valence-corrected chi connectivity index (χ1v) is 14.0. The number of likely N-dealkylation sites (tertiary alicyclic amines) is 1. The van der Waals surface area contributed by atoms with Gasteiger partial charge in [0.2, 0.25) is 17.7 Å². The highest BCUT2D eigenvalue weighted by atomic mass is 16.5. The molecule has 2 unspecified atom stereocenters. The lowest BCUT2D eigenvalue weighted by molar-refractivity contribution is -0.157. The van der Waals surface area contributed by atoms with Crippen molar-refractivity contribution in [3.05, 3.63) is 25.3 Å². The van der Waals surface area contributed by atoms with Gasteiger partial charge in [0.25, 0.3) is 0 Å². The number of nitrogens with zero attached hydrogens (tertiary/aromatic N) is 3. The lowest BCUT2D eigenvalue weighted by Crippen LogP contribution is -2.60. The first-order chi connectivity index (χ1) is 17.6. The Morgan fingerprint density at radius 1 is 1.19 bits per heavy atom. The zero-order valence-electron chi connectivity index (χ0n) is 23.4. The highest BCUT2D eigenvalue weighted by molar-refractivity contribution is 5.99. The van der Waals surface area contributed by atoms with Crippen LogP contribution in [0.1, 0.15) is 66.2 Å². The van der Waals surface area contributed by atoms with E-state index < -0.39 is 35.1 Å². The van der Waals surface area contributed by atoms with Crippen molar-refractivity contribution in [3.8, 4) is 0 Å². The van der Waals surface area contributed by atoms with Crippen LogP contribution in [0.15, 0.2) is 25.3 Å². The Hall–Kier alpha value is -2.19. The predicted molar refractivity (Wildman–Crippen MR) is 144 cm³/mol. The molecule has 1 N–H and O–H groups in total. The van der Waals surface area contributed by atoms with Gasteiger partial charge in [-0.05, 0) is 32.1 Å². The number of hydrogen-bond donors (Lipinski definition) is 1. The summed E-state index contributed by atoms with van der Waals surface area (Å²) in [4.78, 5) is 47.4. The molecule has 37 heavy (non-hydrogen) atoms. The fourth-order valence-electron chi connectivity index (χ4n) is 6.88. The molecule has 2 bridgehead atoms. The van der Waals surface area contributed by atoms with Gasteiger partial charge < -0.3 is 24.5 Å². The van der Waals surface area contributed by atoms with E-state index in [0.717, 1.165) is 25.7 Å². The lowest BCUT2D eigenvalue weighted by Gasteiger charge is -2.41. The number of aliphatic hydroxyl groups excluding tert-OH is 1. The molecule has 208 valence electrons. The number of rotatable bonds is 14. The molecule has 3 aliphatic rings. The van der Waals surface area contributed by atoms with Crippen molar-refractivity contribution in [3.63, 3.8) is 0 Å². The van der Waals surface area contributed by atoms with E-state index in [1.807, 2.05) is 20.8 Å². The third-order valence-electron chi connectivity index (χ3n) is 9.03. The quantitative estimate of drug-likeness (QED) is 0.283. The second-order valence-corrected chi connectivity index (χ2v) is 11.4. The minimum absolute atomic E-state index is 0.0298. The summed E-state index contributed by atoms with van der Waals surface area (Å²) in [5.41, 5.74) is -1.92. The van der Waals surface area contributed by atoms with Gasteiger partial charge in [0.1, 0.15) is 11.6 Å². The van der Waals surface area contributed by atoms with E-state index >= 15 is 0 Å². The molecule has 0 saturated carbocycles. The molecule has 8 heteroatoms. The van der Waals surface area contributed by atoms with E-state index in [9.17, 15) is 19.5 Å². The predicted octanol–water partition coefficient (Wildman–Crippen LogP) is 3.01. The summed E-state index contributed by atoms with van der Waals surface area (Å²) in [6.45, 7) is 16.7. The Morgan fingerprint density at radius 2 is 1.86 bits per heavy atom. The number of aliphatic hydroxyl groups is 1. The maximum atomic E-state index is 14.4. The van der Waals surface area contributed by atoms with Gasteiger partial charge in [-0.15, -0.1) is 13.2 Å². The van der Waals surface area contributed by atoms with Crippen LogP contribution in [0.5, 0.6) is 0 Å². The fourth-order valence-corrected chi connectivity index (χ4v) is 6.88. The van der Waals surface area contributed by atoms with Crippen molar-refractivity contribution in [1.29, 1.82) is 0 Å². The van der Waals surface area contributed by atoms with Crippen LogP contribution in [-0.4, -0.2) is 94.1 Å². The second kappa shape index (κ2) is 11.7. The van der Waals surface area contributed by atoms with Crippen LogP contribution in [0, 0.1) is 17.8 Å². The molecular formula is C29H47N3O5. The van der Waals surface area contributed by atoms with Crippen LogP contribution < -0.4 is 0 Å². The number of carbonyl (C=O) groups excluding carboxylic acids is 3. The fraction of sp³-hybridized carbons (Fsp3) is 0.759. The van der Waals surface area contributed by atoms with Crippen molar-refractivity contribution < 1.29 is 24.2 Å². The molecule has 3 aliphatic heterocycles. The molecule has 3 fully saturated rings. The van der Waals surface area contributed by atoms with E-state index in [1.165, 1.54) is 0 Å². The topological polar surface area (TPSA) is 90.4 Å². The summed E-state index contributed by atoms with van der Waals surface area (Å²) >= 11 is 0. The molecule has 0 aliphatic carbocycles. The first-order valence-electron chi connectivity index (χ1n) is 14.0. The number of likely N-dealkylation sites (N-methyl/N-ethyl adjacent to an activating group) is 1. The molecule has 3 amide bonds. The van der Waals surface area contributed by atoms with Crippen LogP contribution in [0.2, 0.25) is 0 Å². The third kappa shape index (κ3) is 4.87. The normalized spacial score (nSPS) is 31.7. The number of carbonyl (C=O) groups is 3. The number of fused-ring (bicyclic) bond motifs is 1. The van der Waals surface area contributed by atoms with Gasteiger partial charge in [0.05, 0.1) is 30.1 Å². The summed E-state index contributed by atoms with van der Waals surface area (Å²) in [5, 5.41) is 10.5. The number of amides is 3. The number of unbranched alkanes of at least 4 members (excludes halogenated alkanes) is 2. The summed E-state index contributed by atoms with van der Waals surface area (Å²) in [6.07, 6.45) is 8.11. The van der Waals surface area contributed by atoms with Crippen molar-refractivity contribution in [1.82, 2.24) is 14.7 Å². The Balaban J connectivity index is 2.12. The van der Waals surface area contributed by atoms with Gasteiger partial charge >= 0.3 is 0 Å². The van der Waals surface area contributed by atoms with E-state index in [2.05, 4.69) is 20.1 Å². The summed E-state index contributed by atoms with van der Waals surface area (Å²) in [7, 11) is 1.71. The van der Waals surface area contributed by atoms with Crippen molar-refractivity contribution >= 4 is 17.7 Å². The summed E-state index contributed by atoms with van der Waals surface area (Å²) in [6, 6.07) is -1.42. The summed E-state index contributed by atoms with van der Waals surface area (Å²) in [5.74, 6) is -2.07. The van der Waals surface area contributed by atoms with Gasteiger partial charge in [-0.3, -0.25) is 14.4 Å². The van der Waals surface area contributed by atoms with E-state index in [-0.39, 0.29) is 30.2 Å². The van der Waals surface area contributed by atoms with Gasteiger partial charge in [-0.1, -0.05) is 52.2 Å². The van der Waals surface area contributed by atoms with E-state index in [0.29, 0.717) is 32.5 Å². The maximum absolute atomic E-state index is 14.4. The molecule has 8 nitrogen and oxygen atoms in total. The Morgan fingerprint density at radius 3 is 2.43 bits per heavy atom. The Bertz CT molecular complexity index is 893. The zero-order valence-corrected chi connectivity index (χ0v) is 23.4. The number of hydrogen-bond acceptors (Lipinski definition) is 5. The molecule has 0 radical (unpaired) electrons. The molecule has 3 saturated heterocycles.